The quantitative estimate of drug-likeness (QED) is 0.753. The maximum atomic E-state index is 12.2. The summed E-state index contributed by atoms with van der Waals surface area (Å²) in [6.07, 6.45) is 1.54. The van der Waals surface area contributed by atoms with Crippen molar-refractivity contribution in [1.82, 2.24) is 15.1 Å². The fourth-order valence-electron chi connectivity index (χ4n) is 2.14. The molecule has 0 saturated carbocycles. The van der Waals surface area contributed by atoms with Gasteiger partial charge in [0.1, 0.15) is 11.6 Å². The van der Waals surface area contributed by atoms with Crippen molar-refractivity contribution in [2.24, 2.45) is 7.05 Å². The number of aryl methyl sites for hydroxylation is 1. The fourth-order valence-corrected chi connectivity index (χ4v) is 2.14. The molecule has 3 rings (SSSR count). The maximum Gasteiger partial charge on any atom is 0.272 e. The molecule has 0 aliphatic carbocycles. The molecule has 0 aliphatic rings. The number of benzene rings is 1. The molecule has 0 unspecified atom stereocenters. The van der Waals surface area contributed by atoms with Crippen molar-refractivity contribution in [2.75, 3.05) is 5.32 Å². The lowest BCUT2D eigenvalue weighted by Gasteiger charge is -2.04. The molecule has 1 aromatic carbocycles. The summed E-state index contributed by atoms with van der Waals surface area (Å²) in [6.45, 7) is 0.272. The van der Waals surface area contributed by atoms with Crippen molar-refractivity contribution in [3.05, 3.63) is 71.8 Å². The van der Waals surface area contributed by atoms with Gasteiger partial charge in [-0.1, -0.05) is 18.2 Å². The van der Waals surface area contributed by atoms with E-state index >= 15 is 0 Å². The average Bonchev–Trinajstić information content (AvgIpc) is 3.24. The zero-order valence-corrected chi connectivity index (χ0v) is 13.0. The number of anilines is 1. The lowest BCUT2D eigenvalue weighted by atomic mass is 10.2. The van der Waals surface area contributed by atoms with Gasteiger partial charge in [0, 0.05) is 18.7 Å². The summed E-state index contributed by atoms with van der Waals surface area (Å²) in [5, 5.41) is 9.56. The van der Waals surface area contributed by atoms with Crippen LogP contribution in [0.2, 0.25) is 0 Å². The summed E-state index contributed by atoms with van der Waals surface area (Å²) in [5.74, 6) is 0.479. The standard InChI is InChI=1S/C17H16N4O3/c1-21-15(19-16(22)12-6-3-2-4-7-12)10-14(20-21)17(23)18-11-13-8-5-9-24-13/h2-10H,11H2,1H3,(H,18,23)(H,19,22). The molecule has 3 aromatic rings. The van der Waals surface area contributed by atoms with Gasteiger partial charge in [-0.15, -0.1) is 0 Å². The summed E-state index contributed by atoms with van der Waals surface area (Å²) in [7, 11) is 1.66. The minimum Gasteiger partial charge on any atom is -0.467 e. The topological polar surface area (TPSA) is 89.2 Å². The highest BCUT2D eigenvalue weighted by Gasteiger charge is 2.15. The van der Waals surface area contributed by atoms with Crippen molar-refractivity contribution in [3.63, 3.8) is 0 Å². The molecular weight excluding hydrogens is 308 g/mol. The molecule has 0 saturated heterocycles. The van der Waals surface area contributed by atoms with Crippen LogP contribution in [0.15, 0.2) is 59.2 Å². The highest BCUT2D eigenvalue weighted by atomic mass is 16.3. The highest BCUT2D eigenvalue weighted by Crippen LogP contribution is 2.11. The Hall–Kier alpha value is -3.35. The van der Waals surface area contributed by atoms with Crippen LogP contribution in [0, 0.1) is 0 Å². The predicted molar refractivity (Wildman–Crippen MR) is 87.5 cm³/mol. The summed E-state index contributed by atoms with van der Waals surface area (Å²) >= 11 is 0. The number of nitrogens with one attached hydrogen (secondary N) is 2. The Morgan fingerprint density at radius 3 is 2.62 bits per heavy atom. The Labute approximate surface area is 138 Å². The first-order valence-electron chi connectivity index (χ1n) is 7.34. The molecule has 0 aliphatic heterocycles. The van der Waals surface area contributed by atoms with Gasteiger partial charge in [0.2, 0.25) is 0 Å². The molecule has 0 radical (unpaired) electrons. The van der Waals surface area contributed by atoms with Crippen molar-refractivity contribution >= 4 is 17.6 Å². The first-order valence-corrected chi connectivity index (χ1v) is 7.34. The second-order valence-corrected chi connectivity index (χ2v) is 5.12. The molecule has 7 heteroatoms. The predicted octanol–water partition coefficient (Wildman–Crippen LogP) is 2.20. The van der Waals surface area contributed by atoms with E-state index in [1.807, 2.05) is 6.07 Å². The maximum absolute atomic E-state index is 12.2. The van der Waals surface area contributed by atoms with Gasteiger partial charge >= 0.3 is 0 Å². The molecule has 122 valence electrons. The number of amides is 2. The molecule has 2 heterocycles. The third kappa shape index (κ3) is 3.52. The molecule has 0 atom stereocenters. The van der Waals surface area contributed by atoms with Gasteiger partial charge in [-0.2, -0.15) is 5.10 Å². The van der Waals surface area contributed by atoms with Crippen molar-refractivity contribution in [1.29, 1.82) is 0 Å². The Morgan fingerprint density at radius 1 is 1.12 bits per heavy atom. The van der Waals surface area contributed by atoms with Crippen LogP contribution < -0.4 is 10.6 Å². The number of hydrogen-bond donors (Lipinski definition) is 2. The summed E-state index contributed by atoms with van der Waals surface area (Å²) < 4.78 is 6.60. The smallest absolute Gasteiger partial charge is 0.272 e. The monoisotopic (exact) mass is 324 g/mol. The summed E-state index contributed by atoms with van der Waals surface area (Å²) in [6, 6.07) is 13.9. The molecule has 24 heavy (non-hydrogen) atoms. The van der Waals surface area contributed by atoms with E-state index in [2.05, 4.69) is 15.7 Å². The number of carbonyl (C=O) groups excluding carboxylic acids is 2. The molecule has 2 aromatic heterocycles. The van der Waals surface area contributed by atoms with Gasteiger partial charge in [0.15, 0.2) is 5.69 Å². The normalized spacial score (nSPS) is 10.4. The first-order chi connectivity index (χ1) is 11.6. The lowest BCUT2D eigenvalue weighted by Crippen LogP contribution is -2.23. The summed E-state index contributed by atoms with van der Waals surface area (Å²) in [4.78, 5) is 24.3. The Morgan fingerprint density at radius 2 is 1.92 bits per heavy atom. The van der Waals surface area contributed by atoms with E-state index in [0.717, 1.165) is 0 Å². The van der Waals surface area contributed by atoms with Gasteiger partial charge < -0.3 is 15.1 Å². The Kier molecular flexibility index (Phi) is 4.42. The second kappa shape index (κ2) is 6.82. The van der Waals surface area contributed by atoms with Crippen LogP contribution in [0.5, 0.6) is 0 Å². The SMILES string of the molecule is Cn1nc(C(=O)NCc2ccco2)cc1NC(=O)c1ccccc1. The van der Waals surface area contributed by atoms with Crippen LogP contribution in [0.1, 0.15) is 26.6 Å². The van der Waals surface area contributed by atoms with Crippen LogP contribution >= 0.6 is 0 Å². The molecule has 2 amide bonds. The lowest BCUT2D eigenvalue weighted by molar-refractivity contribution is 0.0941. The molecular formula is C17H16N4O3. The molecule has 0 fully saturated rings. The van der Waals surface area contributed by atoms with Crippen LogP contribution in [0.25, 0.3) is 0 Å². The van der Waals surface area contributed by atoms with Gasteiger partial charge in [-0.25, -0.2) is 0 Å². The third-order valence-corrected chi connectivity index (χ3v) is 3.39. The van der Waals surface area contributed by atoms with E-state index in [1.165, 1.54) is 10.7 Å². The van der Waals surface area contributed by atoms with Crippen molar-refractivity contribution < 1.29 is 14.0 Å². The minimum absolute atomic E-state index is 0.215. The number of furan rings is 1. The Balaban J connectivity index is 1.66. The molecule has 7 nitrogen and oxygen atoms in total. The molecule has 0 bridgehead atoms. The van der Waals surface area contributed by atoms with E-state index in [1.54, 1.807) is 49.7 Å². The van der Waals surface area contributed by atoms with Crippen molar-refractivity contribution in [3.8, 4) is 0 Å². The number of carbonyl (C=O) groups is 2. The first kappa shape index (κ1) is 15.5. The van der Waals surface area contributed by atoms with Crippen LogP contribution in [0.4, 0.5) is 5.82 Å². The van der Waals surface area contributed by atoms with E-state index < -0.39 is 0 Å². The molecule has 2 N–H and O–H groups in total. The highest BCUT2D eigenvalue weighted by molar-refractivity contribution is 6.04. The largest absolute Gasteiger partial charge is 0.467 e. The molecule has 0 spiro atoms. The number of nitrogens with zero attached hydrogens (tertiary/aromatic N) is 2. The van der Waals surface area contributed by atoms with E-state index in [4.69, 9.17) is 4.42 Å². The van der Waals surface area contributed by atoms with Crippen molar-refractivity contribution in [2.45, 2.75) is 6.54 Å². The van der Waals surface area contributed by atoms with Gasteiger partial charge in [-0.3, -0.25) is 14.3 Å². The van der Waals surface area contributed by atoms with Crippen LogP contribution in [-0.4, -0.2) is 21.6 Å². The average molecular weight is 324 g/mol. The zero-order valence-electron chi connectivity index (χ0n) is 13.0. The van der Waals surface area contributed by atoms with Gasteiger partial charge in [0.05, 0.1) is 12.8 Å². The van der Waals surface area contributed by atoms with E-state index in [-0.39, 0.29) is 24.1 Å². The number of aromatic nitrogens is 2. The van der Waals surface area contributed by atoms with Crippen LogP contribution in [0.3, 0.4) is 0 Å². The summed E-state index contributed by atoms with van der Waals surface area (Å²) in [5.41, 5.74) is 0.745. The van der Waals surface area contributed by atoms with E-state index in [9.17, 15) is 9.59 Å². The fraction of sp³-hybridized carbons (Fsp3) is 0.118. The number of hydrogen-bond acceptors (Lipinski definition) is 4. The Bertz CT molecular complexity index is 838. The van der Waals surface area contributed by atoms with Gasteiger partial charge in [0.25, 0.3) is 11.8 Å². The van der Waals surface area contributed by atoms with E-state index in [0.29, 0.717) is 17.1 Å². The third-order valence-electron chi connectivity index (χ3n) is 3.39. The second-order valence-electron chi connectivity index (χ2n) is 5.12. The zero-order chi connectivity index (χ0) is 16.9. The minimum atomic E-state index is -0.345. The van der Waals surface area contributed by atoms with Gasteiger partial charge in [-0.05, 0) is 24.3 Å². The number of rotatable bonds is 5. The van der Waals surface area contributed by atoms with Crippen LogP contribution in [-0.2, 0) is 13.6 Å².